The first-order valence-corrected chi connectivity index (χ1v) is 4.98. The molecule has 1 aromatic rings. The molecule has 2 heteroatoms. The Balaban J connectivity index is 3.08. The third-order valence-corrected chi connectivity index (χ3v) is 2.68. The third-order valence-electron chi connectivity index (χ3n) is 1.96. The predicted octanol–water partition coefficient (Wildman–Crippen LogP) is 3.03. The Morgan fingerprint density at radius 3 is 2.67 bits per heavy atom. The van der Waals surface area contributed by atoms with Gasteiger partial charge in [-0.25, -0.2) is 0 Å². The van der Waals surface area contributed by atoms with Crippen LogP contribution in [-0.2, 0) is 6.42 Å². The fourth-order valence-electron chi connectivity index (χ4n) is 1.16. The second-order valence-electron chi connectivity index (χ2n) is 3.00. The number of benzene rings is 1. The molecule has 66 valence electrons. The molecule has 0 radical (unpaired) electrons. The zero-order valence-corrected chi connectivity index (χ0v) is 9.06. The van der Waals surface area contributed by atoms with Gasteiger partial charge in [0.1, 0.15) is 0 Å². The van der Waals surface area contributed by atoms with E-state index in [9.17, 15) is 0 Å². The van der Waals surface area contributed by atoms with E-state index in [0.717, 1.165) is 10.9 Å². The highest BCUT2D eigenvalue weighted by molar-refractivity contribution is 9.10. The van der Waals surface area contributed by atoms with E-state index in [-0.39, 0.29) is 6.04 Å². The van der Waals surface area contributed by atoms with E-state index >= 15 is 0 Å². The lowest BCUT2D eigenvalue weighted by Gasteiger charge is -2.09. The molecule has 1 aromatic carbocycles. The van der Waals surface area contributed by atoms with Gasteiger partial charge in [-0.1, -0.05) is 35.0 Å². The Hall–Kier alpha value is -0.340. The number of halogens is 1. The van der Waals surface area contributed by atoms with Gasteiger partial charge in [0.25, 0.3) is 0 Å². The van der Waals surface area contributed by atoms with Crippen LogP contribution in [0.4, 0.5) is 0 Å². The van der Waals surface area contributed by atoms with E-state index < -0.39 is 0 Å². The fourth-order valence-corrected chi connectivity index (χ4v) is 1.77. The van der Waals surface area contributed by atoms with Crippen molar-refractivity contribution in [2.75, 3.05) is 0 Å². The van der Waals surface area contributed by atoms with E-state index in [1.807, 2.05) is 6.92 Å². The average molecular weight is 228 g/mol. The number of hydrogen-bond acceptors (Lipinski definition) is 1. The molecule has 0 aromatic heterocycles. The second-order valence-corrected chi connectivity index (χ2v) is 3.85. The van der Waals surface area contributed by atoms with Crippen LogP contribution in [0.1, 0.15) is 31.0 Å². The number of aryl methyl sites for hydroxylation is 1. The van der Waals surface area contributed by atoms with Crippen LogP contribution in [0.15, 0.2) is 22.7 Å². The first-order valence-electron chi connectivity index (χ1n) is 4.19. The number of rotatable bonds is 2. The molecular weight excluding hydrogens is 214 g/mol. The van der Waals surface area contributed by atoms with Gasteiger partial charge in [-0.3, -0.25) is 0 Å². The van der Waals surface area contributed by atoms with Crippen LogP contribution in [0.3, 0.4) is 0 Å². The Kier molecular flexibility index (Phi) is 3.29. The highest BCUT2D eigenvalue weighted by atomic mass is 79.9. The van der Waals surface area contributed by atoms with Crippen molar-refractivity contribution in [3.05, 3.63) is 33.8 Å². The summed E-state index contributed by atoms with van der Waals surface area (Å²) in [6.45, 7) is 4.15. The second kappa shape index (κ2) is 4.06. The maximum atomic E-state index is 5.81. The Morgan fingerprint density at radius 1 is 1.50 bits per heavy atom. The standard InChI is InChI=1S/C10H14BrN/c1-3-8-4-5-10(11)9(6-8)7(2)12/h4-7H,3,12H2,1-2H3. The number of nitrogens with two attached hydrogens (primary N) is 1. The molecule has 0 aliphatic rings. The van der Waals surface area contributed by atoms with E-state index in [2.05, 4.69) is 41.1 Å². The van der Waals surface area contributed by atoms with Crippen molar-refractivity contribution in [3.63, 3.8) is 0 Å². The predicted molar refractivity (Wildman–Crippen MR) is 56.1 cm³/mol. The summed E-state index contributed by atoms with van der Waals surface area (Å²) < 4.78 is 1.11. The lowest BCUT2D eigenvalue weighted by Crippen LogP contribution is -2.06. The maximum Gasteiger partial charge on any atom is 0.0277 e. The van der Waals surface area contributed by atoms with E-state index in [1.54, 1.807) is 0 Å². The van der Waals surface area contributed by atoms with Gasteiger partial charge in [-0.15, -0.1) is 0 Å². The highest BCUT2D eigenvalue weighted by Crippen LogP contribution is 2.23. The molecule has 2 N–H and O–H groups in total. The SMILES string of the molecule is CCc1ccc(Br)c(C(C)N)c1. The van der Waals surface area contributed by atoms with Crippen molar-refractivity contribution in [1.29, 1.82) is 0 Å². The van der Waals surface area contributed by atoms with Crippen LogP contribution in [0, 0.1) is 0 Å². The monoisotopic (exact) mass is 227 g/mol. The van der Waals surface area contributed by atoms with Gasteiger partial charge in [-0.2, -0.15) is 0 Å². The summed E-state index contributed by atoms with van der Waals surface area (Å²) in [7, 11) is 0. The van der Waals surface area contributed by atoms with Crippen LogP contribution in [0.2, 0.25) is 0 Å². The summed E-state index contributed by atoms with van der Waals surface area (Å²) in [6, 6.07) is 6.45. The van der Waals surface area contributed by atoms with Gasteiger partial charge in [-0.05, 0) is 30.5 Å². The van der Waals surface area contributed by atoms with Crippen LogP contribution >= 0.6 is 15.9 Å². The lowest BCUT2D eigenvalue weighted by molar-refractivity contribution is 0.810. The highest BCUT2D eigenvalue weighted by Gasteiger charge is 2.04. The Bertz CT molecular complexity index is 269. The quantitative estimate of drug-likeness (QED) is 0.827. The van der Waals surface area contributed by atoms with Crippen molar-refractivity contribution >= 4 is 15.9 Å². The van der Waals surface area contributed by atoms with Gasteiger partial charge in [0.2, 0.25) is 0 Å². The summed E-state index contributed by atoms with van der Waals surface area (Å²) in [5.41, 5.74) is 8.34. The van der Waals surface area contributed by atoms with Gasteiger partial charge in [0.05, 0.1) is 0 Å². The molecule has 1 rings (SSSR count). The molecule has 0 amide bonds. The van der Waals surface area contributed by atoms with Gasteiger partial charge < -0.3 is 5.73 Å². The molecule has 0 spiro atoms. The molecule has 0 aliphatic heterocycles. The van der Waals surface area contributed by atoms with Crippen LogP contribution in [0.5, 0.6) is 0 Å². The van der Waals surface area contributed by atoms with Crippen molar-refractivity contribution in [1.82, 2.24) is 0 Å². The molecule has 1 unspecified atom stereocenters. The minimum absolute atomic E-state index is 0.103. The first-order chi connectivity index (χ1) is 5.65. The molecule has 12 heavy (non-hydrogen) atoms. The minimum atomic E-state index is 0.103. The summed E-state index contributed by atoms with van der Waals surface area (Å²) in [5, 5.41) is 0. The molecule has 1 nitrogen and oxygen atoms in total. The molecular formula is C10H14BrN. The molecule has 0 aliphatic carbocycles. The maximum absolute atomic E-state index is 5.81. The molecule has 0 bridgehead atoms. The van der Waals surface area contributed by atoms with Gasteiger partial charge >= 0.3 is 0 Å². The molecule has 0 saturated carbocycles. The zero-order chi connectivity index (χ0) is 9.14. The van der Waals surface area contributed by atoms with Gasteiger partial charge in [0, 0.05) is 10.5 Å². The minimum Gasteiger partial charge on any atom is -0.324 e. The van der Waals surface area contributed by atoms with Crippen LogP contribution in [-0.4, -0.2) is 0 Å². The van der Waals surface area contributed by atoms with Crippen molar-refractivity contribution in [3.8, 4) is 0 Å². The summed E-state index contributed by atoms with van der Waals surface area (Å²) >= 11 is 3.48. The number of hydrogen-bond donors (Lipinski definition) is 1. The third kappa shape index (κ3) is 2.08. The van der Waals surface area contributed by atoms with E-state index in [0.29, 0.717) is 0 Å². The molecule has 0 heterocycles. The summed E-state index contributed by atoms with van der Waals surface area (Å²) in [4.78, 5) is 0. The zero-order valence-electron chi connectivity index (χ0n) is 7.47. The Morgan fingerprint density at radius 2 is 2.17 bits per heavy atom. The fraction of sp³-hybridized carbons (Fsp3) is 0.400. The molecule has 0 fully saturated rings. The normalized spacial score (nSPS) is 13.0. The van der Waals surface area contributed by atoms with E-state index in [1.165, 1.54) is 11.1 Å². The van der Waals surface area contributed by atoms with Crippen molar-refractivity contribution in [2.24, 2.45) is 5.73 Å². The van der Waals surface area contributed by atoms with Crippen molar-refractivity contribution < 1.29 is 0 Å². The van der Waals surface area contributed by atoms with Crippen LogP contribution in [0.25, 0.3) is 0 Å². The van der Waals surface area contributed by atoms with Crippen molar-refractivity contribution in [2.45, 2.75) is 26.3 Å². The average Bonchev–Trinajstić information content (AvgIpc) is 2.05. The van der Waals surface area contributed by atoms with E-state index in [4.69, 9.17) is 5.73 Å². The topological polar surface area (TPSA) is 26.0 Å². The first kappa shape index (κ1) is 9.75. The lowest BCUT2D eigenvalue weighted by atomic mass is 10.0. The largest absolute Gasteiger partial charge is 0.324 e. The van der Waals surface area contributed by atoms with Gasteiger partial charge in [0.15, 0.2) is 0 Å². The summed E-state index contributed by atoms with van der Waals surface area (Å²) in [5.74, 6) is 0. The molecule has 0 saturated heterocycles. The van der Waals surface area contributed by atoms with Crippen LogP contribution < -0.4 is 5.73 Å². The smallest absolute Gasteiger partial charge is 0.0277 e. The molecule has 1 atom stereocenters. The Labute approximate surface area is 82.1 Å². The summed E-state index contributed by atoms with van der Waals surface area (Å²) in [6.07, 6.45) is 1.06.